The van der Waals surface area contributed by atoms with Crippen molar-refractivity contribution in [2.24, 2.45) is 5.92 Å². The van der Waals surface area contributed by atoms with Crippen LogP contribution < -0.4 is 5.32 Å². The van der Waals surface area contributed by atoms with Gasteiger partial charge in [-0.15, -0.1) is 0 Å². The standard InChI is InChI=1S/C10H21NO2S/c1-8(7-14(3)12)11-10(6-13-2)9-4-5-9/h8-11H,4-7H2,1-3H3. The van der Waals surface area contributed by atoms with Crippen LogP contribution >= 0.6 is 0 Å². The highest BCUT2D eigenvalue weighted by atomic mass is 32.2. The maximum atomic E-state index is 11.0. The van der Waals surface area contributed by atoms with Crippen LogP contribution in [0.3, 0.4) is 0 Å². The summed E-state index contributed by atoms with van der Waals surface area (Å²) in [7, 11) is 1.02. The molecule has 14 heavy (non-hydrogen) atoms. The summed E-state index contributed by atoms with van der Waals surface area (Å²) in [5.74, 6) is 1.51. The maximum absolute atomic E-state index is 11.0. The summed E-state index contributed by atoms with van der Waals surface area (Å²) in [6.45, 7) is 2.86. The molecule has 1 aliphatic carbocycles. The first-order valence-electron chi connectivity index (χ1n) is 5.18. The molecule has 84 valence electrons. The number of hydrogen-bond donors (Lipinski definition) is 1. The first-order chi connectivity index (χ1) is 6.63. The number of methoxy groups -OCH3 is 1. The van der Waals surface area contributed by atoms with Crippen molar-refractivity contribution in [1.29, 1.82) is 0 Å². The van der Waals surface area contributed by atoms with Crippen LogP contribution in [0.5, 0.6) is 0 Å². The molecule has 1 rings (SSSR count). The van der Waals surface area contributed by atoms with Crippen molar-refractivity contribution in [2.75, 3.05) is 25.7 Å². The second-order valence-electron chi connectivity index (χ2n) is 4.21. The molecule has 3 atom stereocenters. The molecule has 1 N–H and O–H groups in total. The predicted molar refractivity (Wildman–Crippen MR) is 59.9 cm³/mol. The molecular formula is C10H21NO2S. The van der Waals surface area contributed by atoms with E-state index in [4.69, 9.17) is 4.74 Å². The van der Waals surface area contributed by atoms with E-state index in [0.717, 1.165) is 18.3 Å². The smallest absolute Gasteiger partial charge is 0.0618 e. The van der Waals surface area contributed by atoms with Crippen LogP contribution in [0, 0.1) is 5.92 Å². The van der Waals surface area contributed by atoms with Crippen molar-refractivity contribution in [2.45, 2.75) is 31.8 Å². The predicted octanol–water partition coefficient (Wildman–Crippen LogP) is 0.768. The molecule has 0 aromatic heterocycles. The summed E-state index contributed by atoms with van der Waals surface area (Å²) in [5, 5.41) is 3.49. The van der Waals surface area contributed by atoms with Gasteiger partial charge in [-0.2, -0.15) is 0 Å². The van der Waals surface area contributed by atoms with Crippen LogP contribution in [0.25, 0.3) is 0 Å². The molecule has 0 aromatic carbocycles. The van der Waals surface area contributed by atoms with Crippen molar-refractivity contribution < 1.29 is 8.95 Å². The number of hydrogen-bond acceptors (Lipinski definition) is 3. The van der Waals surface area contributed by atoms with Crippen molar-refractivity contribution in [3.8, 4) is 0 Å². The third kappa shape index (κ3) is 4.53. The number of rotatable bonds is 7. The van der Waals surface area contributed by atoms with E-state index in [1.165, 1.54) is 12.8 Å². The van der Waals surface area contributed by atoms with Gasteiger partial charge in [-0.05, 0) is 25.7 Å². The zero-order valence-corrected chi connectivity index (χ0v) is 10.1. The number of nitrogens with one attached hydrogen (secondary N) is 1. The maximum Gasteiger partial charge on any atom is 0.0618 e. The van der Waals surface area contributed by atoms with Crippen LogP contribution in [-0.4, -0.2) is 42.0 Å². The largest absolute Gasteiger partial charge is 0.383 e. The van der Waals surface area contributed by atoms with Crippen LogP contribution in [0.2, 0.25) is 0 Å². The molecule has 1 fully saturated rings. The van der Waals surface area contributed by atoms with Gasteiger partial charge in [0.15, 0.2) is 0 Å². The van der Waals surface area contributed by atoms with Crippen molar-refractivity contribution in [3.63, 3.8) is 0 Å². The summed E-state index contributed by atoms with van der Waals surface area (Å²) < 4.78 is 16.2. The quantitative estimate of drug-likeness (QED) is 0.687. The molecule has 0 heterocycles. The minimum absolute atomic E-state index is 0.321. The Morgan fingerprint density at radius 2 is 2.21 bits per heavy atom. The van der Waals surface area contributed by atoms with E-state index in [0.29, 0.717) is 12.1 Å². The van der Waals surface area contributed by atoms with E-state index in [2.05, 4.69) is 12.2 Å². The number of ether oxygens (including phenoxy) is 1. The van der Waals surface area contributed by atoms with Gasteiger partial charge < -0.3 is 10.1 Å². The summed E-state index contributed by atoms with van der Waals surface area (Å²) in [4.78, 5) is 0. The lowest BCUT2D eigenvalue weighted by atomic mass is 10.2. The van der Waals surface area contributed by atoms with Gasteiger partial charge in [-0.25, -0.2) is 0 Å². The zero-order valence-electron chi connectivity index (χ0n) is 9.29. The van der Waals surface area contributed by atoms with E-state index in [-0.39, 0.29) is 0 Å². The molecule has 4 heteroatoms. The summed E-state index contributed by atoms with van der Waals surface area (Å²) in [6, 6.07) is 0.778. The van der Waals surface area contributed by atoms with Gasteiger partial charge in [0.25, 0.3) is 0 Å². The Kier molecular flexibility index (Phi) is 5.06. The van der Waals surface area contributed by atoms with Crippen LogP contribution in [0.4, 0.5) is 0 Å². The molecule has 3 unspecified atom stereocenters. The average Bonchev–Trinajstić information content (AvgIpc) is 2.83. The molecule has 0 aromatic rings. The highest BCUT2D eigenvalue weighted by Gasteiger charge is 2.31. The summed E-state index contributed by atoms with van der Waals surface area (Å²) in [6.07, 6.45) is 4.37. The lowest BCUT2D eigenvalue weighted by molar-refractivity contribution is 0.154. The lowest BCUT2D eigenvalue weighted by Crippen LogP contribution is -2.43. The molecule has 3 nitrogen and oxygen atoms in total. The van der Waals surface area contributed by atoms with E-state index < -0.39 is 10.8 Å². The fraction of sp³-hybridized carbons (Fsp3) is 1.00. The van der Waals surface area contributed by atoms with Gasteiger partial charge in [0.05, 0.1) is 6.61 Å². The van der Waals surface area contributed by atoms with Crippen molar-refractivity contribution in [3.05, 3.63) is 0 Å². The summed E-state index contributed by atoms with van der Waals surface area (Å²) in [5.41, 5.74) is 0. The van der Waals surface area contributed by atoms with E-state index in [9.17, 15) is 4.21 Å². The van der Waals surface area contributed by atoms with Crippen LogP contribution in [-0.2, 0) is 15.5 Å². The van der Waals surface area contributed by atoms with Gasteiger partial charge in [0.1, 0.15) is 0 Å². The van der Waals surface area contributed by atoms with E-state index in [1.807, 2.05) is 0 Å². The Morgan fingerprint density at radius 3 is 2.64 bits per heavy atom. The molecule has 1 aliphatic rings. The monoisotopic (exact) mass is 219 g/mol. The Bertz CT molecular complexity index is 195. The SMILES string of the molecule is COCC(NC(C)CS(C)=O)C1CC1. The topological polar surface area (TPSA) is 38.3 Å². The molecule has 0 spiro atoms. The molecule has 1 saturated carbocycles. The average molecular weight is 219 g/mol. The van der Waals surface area contributed by atoms with Crippen molar-refractivity contribution in [1.82, 2.24) is 5.32 Å². The van der Waals surface area contributed by atoms with Crippen molar-refractivity contribution >= 4 is 10.8 Å². The lowest BCUT2D eigenvalue weighted by Gasteiger charge is -2.21. The zero-order chi connectivity index (χ0) is 10.6. The third-order valence-electron chi connectivity index (χ3n) is 2.52. The minimum Gasteiger partial charge on any atom is -0.383 e. The first kappa shape index (κ1) is 12.1. The van der Waals surface area contributed by atoms with Gasteiger partial charge in [0.2, 0.25) is 0 Å². The molecule has 0 aliphatic heterocycles. The highest BCUT2D eigenvalue weighted by Crippen LogP contribution is 2.32. The molecule has 0 amide bonds. The Hall–Kier alpha value is 0.0700. The normalized spacial score (nSPS) is 23.1. The molecule has 0 radical (unpaired) electrons. The van der Waals surface area contributed by atoms with E-state index >= 15 is 0 Å². The Labute approximate surface area is 89.1 Å². The van der Waals surface area contributed by atoms with Gasteiger partial charge >= 0.3 is 0 Å². The Morgan fingerprint density at radius 1 is 1.57 bits per heavy atom. The van der Waals surface area contributed by atoms with Crippen LogP contribution in [0.1, 0.15) is 19.8 Å². The molecular weight excluding hydrogens is 198 g/mol. The highest BCUT2D eigenvalue weighted by molar-refractivity contribution is 7.84. The summed E-state index contributed by atoms with van der Waals surface area (Å²) >= 11 is 0. The second-order valence-corrected chi connectivity index (χ2v) is 5.69. The van der Waals surface area contributed by atoms with Gasteiger partial charge in [-0.1, -0.05) is 0 Å². The Balaban J connectivity index is 2.26. The minimum atomic E-state index is -0.712. The second kappa shape index (κ2) is 5.83. The molecule has 0 bridgehead atoms. The third-order valence-corrected chi connectivity index (χ3v) is 3.49. The first-order valence-corrected chi connectivity index (χ1v) is 6.91. The van der Waals surface area contributed by atoms with Gasteiger partial charge in [-0.3, -0.25) is 4.21 Å². The fourth-order valence-corrected chi connectivity index (χ4v) is 2.56. The van der Waals surface area contributed by atoms with E-state index in [1.54, 1.807) is 13.4 Å². The fourth-order valence-electron chi connectivity index (χ4n) is 1.76. The van der Waals surface area contributed by atoms with Crippen LogP contribution in [0.15, 0.2) is 0 Å². The molecule has 0 saturated heterocycles. The van der Waals surface area contributed by atoms with Gasteiger partial charge in [0, 0.05) is 42.0 Å².